The van der Waals surface area contributed by atoms with Gasteiger partial charge in [0, 0.05) is 12.3 Å². The van der Waals surface area contributed by atoms with Gasteiger partial charge < -0.3 is 0 Å². The minimum Gasteiger partial charge on any atom is -0.228 e. The van der Waals surface area contributed by atoms with Gasteiger partial charge in [-0.25, -0.2) is 18.2 Å². The molecule has 0 aliphatic rings. The van der Waals surface area contributed by atoms with E-state index in [-0.39, 0.29) is 0 Å². The van der Waals surface area contributed by atoms with Crippen molar-refractivity contribution in [1.29, 1.82) is 0 Å². The van der Waals surface area contributed by atoms with Crippen molar-refractivity contribution in [3.8, 4) is 0 Å². The van der Waals surface area contributed by atoms with Gasteiger partial charge in [-0.3, -0.25) is 0 Å². The van der Waals surface area contributed by atoms with E-state index in [4.69, 9.17) is 0 Å². The predicted molar refractivity (Wildman–Crippen MR) is 29.1 cm³/mol. The quantitative estimate of drug-likeness (QED) is 0.459. The third-order valence-corrected chi connectivity index (χ3v) is 1.08. The molecule has 0 bridgehead atoms. The maximum Gasteiger partial charge on any atom is 0.268 e. The highest BCUT2D eigenvalue weighted by Gasteiger charge is 2.13. The van der Waals surface area contributed by atoms with Crippen LogP contribution in [0.5, 0.6) is 0 Å². The smallest absolute Gasteiger partial charge is 0.228 e. The van der Waals surface area contributed by atoms with Gasteiger partial charge >= 0.3 is 0 Å². The lowest BCUT2D eigenvalue weighted by atomic mass is 10.3. The van der Waals surface area contributed by atoms with Crippen LogP contribution in [0, 0.1) is 11.8 Å². The molecule has 0 radical (unpaired) electrons. The fourth-order valence-electron chi connectivity index (χ4n) is 0.579. The van der Waals surface area contributed by atoms with Gasteiger partial charge in [0.1, 0.15) is 5.82 Å². The highest BCUT2D eigenvalue weighted by molar-refractivity contribution is 5.13. The van der Waals surface area contributed by atoms with E-state index in [1.807, 2.05) is 0 Å². The topological polar surface area (TPSA) is 12.9 Å². The van der Waals surface area contributed by atoms with Crippen molar-refractivity contribution >= 4 is 0 Å². The van der Waals surface area contributed by atoms with E-state index in [2.05, 4.69) is 4.98 Å². The zero-order valence-corrected chi connectivity index (χ0v) is 5.19. The summed E-state index contributed by atoms with van der Waals surface area (Å²) in [6.07, 6.45) is -2.47. The van der Waals surface area contributed by atoms with Gasteiger partial charge in [-0.2, -0.15) is 4.39 Å². The number of aromatic nitrogens is 1. The predicted octanol–water partition coefficient (Wildman–Crippen LogP) is 2.30. The Labute approximate surface area is 59.7 Å². The summed E-state index contributed by atoms with van der Waals surface area (Å²) in [6.45, 7) is 0. The van der Waals surface area contributed by atoms with Gasteiger partial charge in [-0.05, 0) is 0 Å². The number of hydrogen-bond donors (Lipinski definition) is 0. The van der Waals surface area contributed by atoms with Crippen molar-refractivity contribution in [3.05, 3.63) is 29.6 Å². The molecule has 0 aliphatic carbocycles. The lowest BCUT2D eigenvalue weighted by Crippen LogP contribution is -1.94. The Morgan fingerprint density at radius 3 is 2.36 bits per heavy atom. The number of nitrogens with zero attached hydrogens (tertiary/aromatic N) is 1. The highest BCUT2D eigenvalue weighted by Crippen LogP contribution is 2.20. The zero-order chi connectivity index (χ0) is 8.43. The molecular weight excluding hydrogens is 162 g/mol. The maximum absolute atomic E-state index is 12.3. The van der Waals surface area contributed by atoms with Crippen molar-refractivity contribution in [1.82, 2.24) is 4.98 Å². The molecule has 0 unspecified atom stereocenters. The standard InChI is InChI=1S/C6H3F4N/c7-4-1-5(8)11-2-3(4)6(9)10/h1-2,6H. The molecule has 0 amide bonds. The molecule has 1 aromatic rings. The van der Waals surface area contributed by atoms with E-state index in [0.29, 0.717) is 12.3 Å². The first-order chi connectivity index (χ1) is 5.11. The molecule has 1 rings (SSSR count). The first-order valence-electron chi connectivity index (χ1n) is 2.70. The van der Waals surface area contributed by atoms with Gasteiger partial charge in [0.05, 0.1) is 5.56 Å². The molecule has 0 saturated carbocycles. The molecule has 0 N–H and O–H groups in total. The molecular formula is C6H3F4N. The second-order valence-electron chi connectivity index (χ2n) is 1.83. The Kier molecular flexibility index (Phi) is 2.07. The van der Waals surface area contributed by atoms with Crippen molar-refractivity contribution in [2.24, 2.45) is 0 Å². The Morgan fingerprint density at radius 2 is 1.91 bits per heavy atom. The third kappa shape index (κ3) is 1.66. The Morgan fingerprint density at radius 1 is 1.27 bits per heavy atom. The fraction of sp³-hybridized carbons (Fsp3) is 0.167. The summed E-state index contributed by atoms with van der Waals surface area (Å²) in [5, 5.41) is 0. The molecule has 0 atom stereocenters. The van der Waals surface area contributed by atoms with E-state index in [1.54, 1.807) is 0 Å². The SMILES string of the molecule is Fc1cc(F)c(C(F)F)cn1. The monoisotopic (exact) mass is 165 g/mol. The fourth-order valence-corrected chi connectivity index (χ4v) is 0.579. The van der Waals surface area contributed by atoms with Crippen molar-refractivity contribution in [3.63, 3.8) is 0 Å². The van der Waals surface area contributed by atoms with Crippen LogP contribution >= 0.6 is 0 Å². The molecule has 5 heteroatoms. The van der Waals surface area contributed by atoms with Crippen LogP contribution in [0.1, 0.15) is 12.0 Å². The zero-order valence-electron chi connectivity index (χ0n) is 5.19. The lowest BCUT2D eigenvalue weighted by Gasteiger charge is -1.98. The minimum absolute atomic E-state index is 0.321. The Hall–Kier alpha value is -1.13. The van der Waals surface area contributed by atoms with Gasteiger partial charge in [-0.1, -0.05) is 0 Å². The summed E-state index contributed by atoms with van der Waals surface area (Å²) in [6, 6.07) is 0.321. The number of rotatable bonds is 1. The van der Waals surface area contributed by atoms with Crippen LogP contribution in [-0.2, 0) is 0 Å². The van der Waals surface area contributed by atoms with E-state index in [1.165, 1.54) is 0 Å². The normalized spacial score (nSPS) is 10.6. The van der Waals surface area contributed by atoms with Crippen LogP contribution in [0.4, 0.5) is 17.6 Å². The summed E-state index contributed by atoms with van der Waals surface area (Å²) < 4.78 is 47.9. The van der Waals surface area contributed by atoms with Crippen LogP contribution in [0.3, 0.4) is 0 Å². The first-order valence-corrected chi connectivity index (χ1v) is 2.70. The van der Waals surface area contributed by atoms with Gasteiger partial charge in [0.2, 0.25) is 5.95 Å². The van der Waals surface area contributed by atoms with Crippen molar-refractivity contribution in [2.75, 3.05) is 0 Å². The summed E-state index contributed by atoms with van der Waals surface area (Å²) >= 11 is 0. The molecule has 0 fully saturated rings. The van der Waals surface area contributed by atoms with Gasteiger partial charge in [0.25, 0.3) is 6.43 Å². The van der Waals surface area contributed by atoms with Crippen LogP contribution < -0.4 is 0 Å². The number of halogens is 4. The van der Waals surface area contributed by atoms with Crippen LogP contribution in [0.15, 0.2) is 12.3 Å². The van der Waals surface area contributed by atoms with Crippen LogP contribution in [0.25, 0.3) is 0 Å². The second-order valence-corrected chi connectivity index (χ2v) is 1.83. The average Bonchev–Trinajstić information content (AvgIpc) is 1.85. The highest BCUT2D eigenvalue weighted by atomic mass is 19.3. The number of pyridine rings is 1. The Bertz CT molecular complexity index is 261. The van der Waals surface area contributed by atoms with Crippen LogP contribution in [-0.4, -0.2) is 4.98 Å². The third-order valence-electron chi connectivity index (χ3n) is 1.08. The van der Waals surface area contributed by atoms with Crippen molar-refractivity contribution in [2.45, 2.75) is 6.43 Å². The molecule has 1 aromatic heterocycles. The molecule has 0 aliphatic heterocycles. The molecule has 0 spiro atoms. The largest absolute Gasteiger partial charge is 0.268 e. The maximum atomic E-state index is 12.3. The molecule has 1 nitrogen and oxygen atoms in total. The summed E-state index contributed by atoms with van der Waals surface area (Å²) in [4.78, 5) is 2.87. The van der Waals surface area contributed by atoms with Crippen molar-refractivity contribution < 1.29 is 17.6 Å². The summed E-state index contributed by atoms with van der Waals surface area (Å²) in [5.41, 5.74) is -0.883. The first kappa shape index (κ1) is 7.97. The average molecular weight is 165 g/mol. The number of hydrogen-bond acceptors (Lipinski definition) is 1. The molecule has 60 valence electrons. The van der Waals surface area contributed by atoms with Gasteiger partial charge in [0.15, 0.2) is 0 Å². The summed E-state index contributed by atoms with van der Waals surface area (Å²) in [7, 11) is 0. The van der Waals surface area contributed by atoms with E-state index >= 15 is 0 Å². The summed E-state index contributed by atoms with van der Waals surface area (Å²) in [5.74, 6) is -2.38. The Balaban J connectivity index is 3.09. The van der Waals surface area contributed by atoms with E-state index in [0.717, 1.165) is 0 Å². The number of alkyl halides is 2. The minimum atomic E-state index is -2.96. The van der Waals surface area contributed by atoms with E-state index < -0.39 is 23.8 Å². The molecule has 11 heavy (non-hydrogen) atoms. The lowest BCUT2D eigenvalue weighted by molar-refractivity contribution is 0.145. The molecule has 0 saturated heterocycles. The van der Waals surface area contributed by atoms with Gasteiger partial charge in [-0.15, -0.1) is 0 Å². The van der Waals surface area contributed by atoms with E-state index in [9.17, 15) is 17.6 Å². The second kappa shape index (κ2) is 2.86. The molecule has 0 aromatic carbocycles. The van der Waals surface area contributed by atoms with Crippen LogP contribution in [0.2, 0.25) is 0 Å². The molecule has 1 heterocycles.